The number of carbonyl (C=O) groups excluding carboxylic acids is 2. The van der Waals surface area contributed by atoms with Crippen molar-refractivity contribution in [2.24, 2.45) is 0 Å². The highest BCUT2D eigenvalue weighted by atomic mass is 16.8. The summed E-state index contributed by atoms with van der Waals surface area (Å²) >= 11 is 0. The molecular weight excluding hydrogens is 1460 g/mol. The van der Waals surface area contributed by atoms with Gasteiger partial charge in [-0.15, -0.1) is 0 Å². The maximum absolute atomic E-state index is 14.3. The van der Waals surface area contributed by atoms with Crippen molar-refractivity contribution in [2.75, 3.05) is 196 Å². The fourth-order valence-corrected chi connectivity index (χ4v) is 15.8. The van der Waals surface area contributed by atoms with E-state index in [1.807, 2.05) is 0 Å². The van der Waals surface area contributed by atoms with E-state index in [9.17, 15) is 9.59 Å². The van der Waals surface area contributed by atoms with Crippen LogP contribution in [0, 0.1) is 0 Å². The molecule has 0 aliphatic carbocycles. The third-order valence-electron chi connectivity index (χ3n) is 20.9. The van der Waals surface area contributed by atoms with Crippen molar-refractivity contribution >= 4 is 11.9 Å². The third-order valence-corrected chi connectivity index (χ3v) is 20.9. The summed E-state index contributed by atoms with van der Waals surface area (Å²) in [7, 11) is 30.7. The van der Waals surface area contributed by atoms with E-state index in [0.29, 0.717) is 0 Å². The fourth-order valence-electron chi connectivity index (χ4n) is 15.8. The first-order valence-corrected chi connectivity index (χ1v) is 35.8. The van der Waals surface area contributed by atoms with E-state index in [4.69, 9.17) is 171 Å². The highest BCUT2D eigenvalue weighted by Gasteiger charge is 2.62. The van der Waals surface area contributed by atoms with E-state index in [0.717, 1.165) is 0 Å². The molecule has 21 heterocycles. The zero-order chi connectivity index (χ0) is 78.8. The van der Waals surface area contributed by atoms with Crippen LogP contribution in [0.25, 0.3) is 0 Å². The van der Waals surface area contributed by atoms with Crippen LogP contribution in [0.4, 0.5) is 0 Å². The minimum absolute atomic E-state index is 0.00937. The molecule has 1 aromatic rings. The molecule has 0 unspecified atom stereocenters. The summed E-state index contributed by atoms with van der Waals surface area (Å²) in [4.78, 5) is 27.0. The predicted octanol–water partition coefficient (Wildman–Crippen LogP) is -0.497. The predicted molar refractivity (Wildman–Crippen MR) is 365 cm³/mol. The molecule has 0 saturated carbocycles. The van der Waals surface area contributed by atoms with Crippen molar-refractivity contribution in [3.05, 3.63) is 35.4 Å². The minimum Gasteiger partial charge on any atom is -0.465 e. The Kier molecular flexibility index (Phi) is 35.9. The molecule has 38 nitrogen and oxygen atoms in total. The van der Waals surface area contributed by atoms with Gasteiger partial charge in [-0.25, -0.2) is 9.59 Å². The lowest BCUT2D eigenvalue weighted by atomic mass is 9.94. The van der Waals surface area contributed by atoms with Gasteiger partial charge in [-0.1, -0.05) is 6.07 Å². The van der Waals surface area contributed by atoms with E-state index in [-0.39, 0.29) is 50.8 Å². The average Bonchev–Trinajstić information content (AvgIpc) is 0.778. The van der Waals surface area contributed by atoms with Crippen molar-refractivity contribution in [3.63, 3.8) is 0 Å². The Morgan fingerprint density at radius 1 is 0.239 bits per heavy atom. The van der Waals surface area contributed by atoms with Crippen LogP contribution in [0.3, 0.4) is 0 Å². The van der Waals surface area contributed by atoms with Gasteiger partial charge in [0.15, 0.2) is 44.0 Å². The van der Waals surface area contributed by atoms with Gasteiger partial charge in [0.05, 0.1) is 57.9 Å². The van der Waals surface area contributed by atoms with Crippen molar-refractivity contribution in [3.8, 4) is 0 Å². The molecule has 0 aromatic heterocycles. The molecule has 21 aliphatic rings. The SMILES string of the molecule is COC[C@@H]1O[C@@H]2O[C@H]3[C@H](OC)[C@@H](OC)[C@@H](O[C@H]4[C@@H](OC)[C@H](OC)[C@@H](O[C@H]5[C@H](OC)[C@H](OC)[C@@H](O[C@H]6[C@H](OC)[C@@H](OC)[C@@H](O[C@H]7[C@H](OC)[C@@H](OC)[C@@H](O[C@H]8[C@H](OC)[C@@H](OC)[C@@H](O[C@H]1[C@H](OC)[C@H]2OC)O[C@H]8COC)O[C@H]7COC)O[C@@H]6COC(=O)c1cccc(C(=O)OC)c1)O[C@@H]5COC)O[C@@H]4COC)O[C@H]3COC. The van der Waals surface area contributed by atoms with E-state index in [1.165, 1.54) is 174 Å². The second-order valence-corrected chi connectivity index (χ2v) is 26.7. The molecule has 1 aromatic carbocycles. The van der Waals surface area contributed by atoms with Gasteiger partial charge in [0, 0.05) is 142 Å². The Hall–Kier alpha value is -3.20. The summed E-state index contributed by atoms with van der Waals surface area (Å²) in [6, 6.07) is 5.81. The molecule has 628 valence electrons. The van der Waals surface area contributed by atoms with E-state index in [1.54, 1.807) is 0 Å². The second-order valence-electron chi connectivity index (χ2n) is 26.7. The standard InChI is InChI=1S/C71H116O38/c1-74-26-35-42-49(80-7)57(88-15)66(97-35)105-44-37(28-76-3)99-68(59(90-17)51(44)82-9)107-46-39(30-78-5)101-70(61(92-19)53(46)84-11)109-48-41(32-95-64(73)34-24-22-23-33(25-34)63(72)94-21)102-71(62(93-20)55(48)86-13)108-47-40(31-79-6)100-69(60(91-18)54(47)85-12)106-45-38(29-77-4)98-67(58(89-16)52(45)83-10)104-43-36(27-75-2)96-65(103-42)56(87-14)50(43)81-8/h22-25,35-62,65-71H,26-32H2,1-21H3/t35-,36-,37+,38-,39+,40-,41+,42+,43+,44+,45+,46+,47+,48+,49-,50-,51+,52-,53-,54-,55-,56+,57+,58+,59-,60+,61-,62+,65+,66+,67+,68+,69+,70+,71+/m0/s1. The number of rotatable bonds is 30. The van der Waals surface area contributed by atoms with Crippen molar-refractivity contribution in [1.29, 1.82) is 0 Å². The van der Waals surface area contributed by atoms with Crippen LogP contribution < -0.4 is 0 Å². The molecule has 35 atom stereocenters. The van der Waals surface area contributed by atoms with Crippen LogP contribution in [0.5, 0.6) is 0 Å². The Morgan fingerprint density at radius 3 is 0.578 bits per heavy atom. The molecule has 21 fully saturated rings. The van der Waals surface area contributed by atoms with Gasteiger partial charge in [-0.2, -0.15) is 0 Å². The molecule has 0 N–H and O–H groups in total. The minimum atomic E-state index is -1.44. The third kappa shape index (κ3) is 19.9. The Morgan fingerprint density at radius 2 is 0.413 bits per heavy atom. The molecule has 0 amide bonds. The maximum Gasteiger partial charge on any atom is 0.338 e. The van der Waals surface area contributed by atoms with E-state index >= 15 is 0 Å². The van der Waals surface area contributed by atoms with Crippen LogP contribution in [-0.2, 0) is 171 Å². The summed E-state index contributed by atoms with van der Waals surface area (Å²) in [5.41, 5.74) is 0.103. The summed E-state index contributed by atoms with van der Waals surface area (Å²) in [5, 5.41) is 0. The van der Waals surface area contributed by atoms with Gasteiger partial charge >= 0.3 is 11.9 Å². The van der Waals surface area contributed by atoms with Crippen molar-refractivity contribution in [2.45, 2.75) is 215 Å². The number of methoxy groups -OCH3 is 21. The van der Waals surface area contributed by atoms with Crippen LogP contribution >= 0.6 is 0 Å². The van der Waals surface area contributed by atoms with Crippen molar-refractivity contribution < 1.29 is 180 Å². The smallest absolute Gasteiger partial charge is 0.338 e. The first-order chi connectivity index (χ1) is 53.0. The van der Waals surface area contributed by atoms with Crippen LogP contribution in [0.2, 0.25) is 0 Å². The van der Waals surface area contributed by atoms with Crippen LogP contribution in [0.1, 0.15) is 20.7 Å². The zero-order valence-corrected chi connectivity index (χ0v) is 66.0. The monoisotopic (exact) mass is 1580 g/mol. The second kappa shape index (κ2) is 43.7. The summed E-state index contributed by atoms with van der Waals surface area (Å²) in [6.07, 6.45) is -39.5. The van der Waals surface area contributed by atoms with Crippen LogP contribution in [-0.4, -0.2) is 422 Å². The zero-order valence-electron chi connectivity index (χ0n) is 66.0. The molecule has 21 aliphatic heterocycles. The highest BCUT2D eigenvalue weighted by Crippen LogP contribution is 2.43. The van der Waals surface area contributed by atoms with E-state index in [2.05, 4.69) is 0 Å². The van der Waals surface area contributed by atoms with Gasteiger partial charge in [0.25, 0.3) is 0 Å². The molecule has 22 rings (SSSR count). The number of carbonyl (C=O) groups is 2. The Labute approximate surface area is 636 Å². The number of esters is 2. The molecule has 21 saturated heterocycles. The lowest BCUT2D eigenvalue weighted by molar-refractivity contribution is -0.402. The molecular formula is C71H116O38. The Balaban J connectivity index is 1.16. The largest absolute Gasteiger partial charge is 0.465 e. The first-order valence-electron chi connectivity index (χ1n) is 35.8. The molecule has 14 bridgehead atoms. The summed E-state index contributed by atoms with van der Waals surface area (Å²) in [5.74, 6) is -1.53. The molecule has 0 spiro atoms. The number of ether oxygens (including phenoxy) is 36. The molecule has 0 radical (unpaired) electrons. The van der Waals surface area contributed by atoms with Crippen LogP contribution in [0.15, 0.2) is 24.3 Å². The van der Waals surface area contributed by atoms with E-state index < -0.39 is 233 Å². The number of benzene rings is 1. The van der Waals surface area contributed by atoms with Gasteiger partial charge in [-0.3, -0.25) is 0 Å². The molecule has 38 heteroatoms. The lowest BCUT2D eigenvalue weighted by Gasteiger charge is -2.52. The summed E-state index contributed by atoms with van der Waals surface area (Å²) < 4.78 is 232. The lowest BCUT2D eigenvalue weighted by Crippen LogP contribution is -2.69. The number of hydrogen-bond donors (Lipinski definition) is 0. The van der Waals surface area contributed by atoms with Gasteiger partial charge in [0.1, 0.15) is 178 Å². The quantitative estimate of drug-likeness (QED) is 0.0877. The number of hydrogen-bond acceptors (Lipinski definition) is 38. The van der Waals surface area contributed by atoms with Crippen molar-refractivity contribution in [1.82, 2.24) is 0 Å². The topological polar surface area (TPSA) is 366 Å². The Bertz CT molecular complexity index is 2790. The summed E-state index contributed by atoms with van der Waals surface area (Å²) in [6.45, 7) is -1.12. The highest BCUT2D eigenvalue weighted by molar-refractivity contribution is 5.95. The van der Waals surface area contributed by atoms with Gasteiger partial charge < -0.3 is 171 Å². The first kappa shape index (κ1) is 89.7. The maximum atomic E-state index is 14.3. The molecule has 109 heavy (non-hydrogen) atoms. The van der Waals surface area contributed by atoms with Gasteiger partial charge in [-0.05, 0) is 18.2 Å². The van der Waals surface area contributed by atoms with Gasteiger partial charge in [0.2, 0.25) is 0 Å². The normalized spacial score (nSPS) is 42.4. The average molecular weight is 1580 g/mol. The fraction of sp³-hybridized carbons (Fsp3) is 0.887.